The van der Waals surface area contributed by atoms with Crippen molar-refractivity contribution in [1.82, 2.24) is 4.98 Å². The Balaban J connectivity index is 1.54. The second-order valence-electron chi connectivity index (χ2n) is 7.32. The number of hydrogen-bond acceptors (Lipinski definition) is 5. The SMILES string of the molecule is CCC(=O)Nc1ccc(S(=O)(=O)Nc2ccc3c(c2)N(C(=O)c2ccncc2)CC3)cc1. The first-order valence-electron chi connectivity index (χ1n) is 10.1. The summed E-state index contributed by atoms with van der Waals surface area (Å²) >= 11 is 0. The molecule has 0 saturated carbocycles. The highest BCUT2D eigenvalue weighted by atomic mass is 32.2. The predicted molar refractivity (Wildman–Crippen MR) is 122 cm³/mol. The van der Waals surface area contributed by atoms with Gasteiger partial charge in [-0.15, -0.1) is 0 Å². The minimum atomic E-state index is -3.85. The van der Waals surface area contributed by atoms with Crippen LogP contribution in [0.1, 0.15) is 29.3 Å². The molecule has 164 valence electrons. The number of rotatable bonds is 6. The number of pyridine rings is 1. The zero-order chi connectivity index (χ0) is 22.7. The van der Waals surface area contributed by atoms with Crippen LogP contribution in [0.3, 0.4) is 0 Å². The van der Waals surface area contributed by atoms with E-state index in [9.17, 15) is 18.0 Å². The maximum atomic E-state index is 12.9. The summed E-state index contributed by atoms with van der Waals surface area (Å²) in [4.78, 5) is 30.0. The average Bonchev–Trinajstić information content (AvgIpc) is 3.22. The summed E-state index contributed by atoms with van der Waals surface area (Å²) in [5.74, 6) is -0.307. The summed E-state index contributed by atoms with van der Waals surface area (Å²) in [6, 6.07) is 14.4. The van der Waals surface area contributed by atoms with Crippen LogP contribution in [0.25, 0.3) is 0 Å². The fourth-order valence-corrected chi connectivity index (χ4v) is 4.53. The molecule has 0 spiro atoms. The maximum Gasteiger partial charge on any atom is 0.261 e. The molecule has 0 aliphatic carbocycles. The van der Waals surface area contributed by atoms with Crippen LogP contribution < -0.4 is 14.9 Å². The van der Waals surface area contributed by atoms with Gasteiger partial charge >= 0.3 is 0 Å². The summed E-state index contributed by atoms with van der Waals surface area (Å²) in [5.41, 5.74) is 3.07. The fraction of sp³-hybridized carbons (Fsp3) is 0.174. The van der Waals surface area contributed by atoms with Gasteiger partial charge in [-0.2, -0.15) is 0 Å². The number of carbonyl (C=O) groups excluding carboxylic acids is 2. The van der Waals surface area contributed by atoms with Gasteiger partial charge in [0, 0.05) is 42.3 Å². The second kappa shape index (κ2) is 8.80. The van der Waals surface area contributed by atoms with Crippen molar-refractivity contribution in [3.05, 3.63) is 78.1 Å². The van der Waals surface area contributed by atoms with E-state index in [1.807, 2.05) is 6.07 Å². The fourth-order valence-electron chi connectivity index (χ4n) is 3.48. The van der Waals surface area contributed by atoms with Crippen molar-refractivity contribution in [2.45, 2.75) is 24.7 Å². The molecule has 1 aromatic heterocycles. The van der Waals surface area contributed by atoms with E-state index in [1.54, 1.807) is 60.6 Å². The maximum absolute atomic E-state index is 12.9. The standard InChI is InChI=1S/C23H22N4O4S/c1-2-22(28)25-18-5-7-20(8-6-18)32(30,31)26-19-4-3-16-11-14-27(21(16)15-19)23(29)17-9-12-24-13-10-17/h3-10,12-13,15,26H,2,11,14H2,1H3,(H,25,28). The normalized spacial score (nSPS) is 12.8. The molecule has 1 aliphatic rings. The van der Waals surface area contributed by atoms with Crippen molar-refractivity contribution >= 4 is 38.9 Å². The Morgan fingerprint density at radius 2 is 1.69 bits per heavy atom. The Kier molecular flexibility index (Phi) is 5.91. The minimum absolute atomic E-state index is 0.0669. The third-order valence-electron chi connectivity index (χ3n) is 5.17. The van der Waals surface area contributed by atoms with E-state index in [0.29, 0.717) is 42.0 Å². The van der Waals surface area contributed by atoms with Gasteiger partial charge in [-0.3, -0.25) is 19.3 Å². The number of sulfonamides is 1. The summed E-state index contributed by atoms with van der Waals surface area (Å²) in [5, 5.41) is 2.68. The van der Waals surface area contributed by atoms with Crippen molar-refractivity contribution in [3.63, 3.8) is 0 Å². The summed E-state index contributed by atoms with van der Waals surface area (Å²) in [6.07, 6.45) is 4.16. The smallest absolute Gasteiger partial charge is 0.261 e. The highest BCUT2D eigenvalue weighted by molar-refractivity contribution is 7.92. The van der Waals surface area contributed by atoms with Crippen molar-refractivity contribution in [2.24, 2.45) is 0 Å². The predicted octanol–water partition coefficient (Wildman–Crippen LogP) is 3.43. The Bertz CT molecular complexity index is 1260. The molecule has 0 saturated heterocycles. The second-order valence-corrected chi connectivity index (χ2v) is 9.00. The van der Waals surface area contributed by atoms with Crippen LogP contribution in [0.15, 0.2) is 71.9 Å². The molecule has 3 aromatic rings. The molecular weight excluding hydrogens is 428 g/mol. The van der Waals surface area contributed by atoms with Gasteiger partial charge < -0.3 is 10.2 Å². The van der Waals surface area contributed by atoms with Crippen LogP contribution in [-0.2, 0) is 21.2 Å². The number of benzene rings is 2. The van der Waals surface area contributed by atoms with Crippen molar-refractivity contribution < 1.29 is 18.0 Å². The third-order valence-corrected chi connectivity index (χ3v) is 6.57. The van der Waals surface area contributed by atoms with Gasteiger partial charge in [0.15, 0.2) is 0 Å². The lowest BCUT2D eigenvalue weighted by molar-refractivity contribution is -0.115. The van der Waals surface area contributed by atoms with Gasteiger partial charge in [-0.05, 0) is 60.5 Å². The number of aromatic nitrogens is 1. The van der Waals surface area contributed by atoms with Crippen LogP contribution >= 0.6 is 0 Å². The molecule has 0 unspecified atom stereocenters. The van der Waals surface area contributed by atoms with E-state index in [1.165, 1.54) is 12.1 Å². The third kappa shape index (κ3) is 4.47. The van der Waals surface area contributed by atoms with E-state index in [0.717, 1.165) is 5.56 Å². The molecule has 32 heavy (non-hydrogen) atoms. The topological polar surface area (TPSA) is 108 Å². The number of carbonyl (C=O) groups is 2. The van der Waals surface area contributed by atoms with Crippen LogP contribution in [0.4, 0.5) is 17.1 Å². The lowest BCUT2D eigenvalue weighted by atomic mass is 10.1. The number of fused-ring (bicyclic) bond motifs is 1. The van der Waals surface area contributed by atoms with E-state index in [-0.39, 0.29) is 16.7 Å². The van der Waals surface area contributed by atoms with Crippen LogP contribution in [-0.4, -0.2) is 31.8 Å². The van der Waals surface area contributed by atoms with Crippen LogP contribution in [0, 0.1) is 0 Å². The number of amides is 2. The molecule has 2 heterocycles. The van der Waals surface area contributed by atoms with Gasteiger partial charge in [0.05, 0.1) is 10.6 Å². The van der Waals surface area contributed by atoms with Crippen LogP contribution in [0.5, 0.6) is 0 Å². The molecule has 2 N–H and O–H groups in total. The molecule has 8 nitrogen and oxygen atoms in total. The van der Waals surface area contributed by atoms with Crippen molar-refractivity contribution in [3.8, 4) is 0 Å². The minimum Gasteiger partial charge on any atom is -0.326 e. The van der Waals surface area contributed by atoms with Gasteiger partial charge in [0.2, 0.25) is 5.91 Å². The van der Waals surface area contributed by atoms with E-state index < -0.39 is 10.0 Å². The monoisotopic (exact) mass is 450 g/mol. The van der Waals surface area contributed by atoms with Gasteiger partial charge in [0.1, 0.15) is 0 Å². The number of hydrogen-bond donors (Lipinski definition) is 2. The molecule has 0 atom stereocenters. The molecule has 9 heteroatoms. The molecule has 1 aliphatic heterocycles. The van der Waals surface area contributed by atoms with E-state index in [4.69, 9.17) is 0 Å². The van der Waals surface area contributed by atoms with Gasteiger partial charge in [-0.25, -0.2) is 8.42 Å². The number of nitrogens with zero attached hydrogens (tertiary/aromatic N) is 2. The zero-order valence-electron chi connectivity index (χ0n) is 17.4. The van der Waals surface area contributed by atoms with Gasteiger partial charge in [-0.1, -0.05) is 13.0 Å². The number of nitrogens with one attached hydrogen (secondary N) is 2. The molecule has 2 aromatic carbocycles. The zero-order valence-corrected chi connectivity index (χ0v) is 18.2. The largest absolute Gasteiger partial charge is 0.326 e. The van der Waals surface area contributed by atoms with E-state index >= 15 is 0 Å². The first-order valence-corrected chi connectivity index (χ1v) is 11.6. The molecule has 0 fully saturated rings. The highest BCUT2D eigenvalue weighted by Gasteiger charge is 2.26. The number of anilines is 3. The highest BCUT2D eigenvalue weighted by Crippen LogP contribution is 2.32. The molecule has 0 radical (unpaired) electrons. The Morgan fingerprint density at radius 1 is 1.00 bits per heavy atom. The summed E-state index contributed by atoms with van der Waals surface area (Å²) < 4.78 is 28.3. The van der Waals surface area contributed by atoms with E-state index in [2.05, 4.69) is 15.0 Å². The van der Waals surface area contributed by atoms with Gasteiger partial charge in [0.25, 0.3) is 15.9 Å². The quantitative estimate of drug-likeness (QED) is 0.598. The van der Waals surface area contributed by atoms with Crippen molar-refractivity contribution in [1.29, 1.82) is 0 Å². The summed E-state index contributed by atoms with van der Waals surface area (Å²) in [7, 11) is -3.85. The lowest BCUT2D eigenvalue weighted by Gasteiger charge is -2.18. The lowest BCUT2D eigenvalue weighted by Crippen LogP contribution is -2.28. The molecule has 2 amide bonds. The Hall–Kier alpha value is -3.72. The Morgan fingerprint density at radius 3 is 2.38 bits per heavy atom. The van der Waals surface area contributed by atoms with Crippen molar-refractivity contribution in [2.75, 3.05) is 21.5 Å². The average molecular weight is 451 g/mol. The first-order chi connectivity index (χ1) is 15.4. The molecule has 0 bridgehead atoms. The molecule has 4 rings (SSSR count). The summed E-state index contributed by atoms with van der Waals surface area (Å²) in [6.45, 7) is 2.26. The van der Waals surface area contributed by atoms with Crippen LogP contribution in [0.2, 0.25) is 0 Å². The molecular formula is C23H22N4O4S. The first kappa shape index (κ1) is 21.5. The Labute approximate surface area is 186 Å².